The van der Waals surface area contributed by atoms with Crippen molar-refractivity contribution >= 4 is 40.8 Å². The number of halogens is 1. The van der Waals surface area contributed by atoms with Crippen LogP contribution in [-0.4, -0.2) is 20.6 Å². The van der Waals surface area contributed by atoms with Crippen LogP contribution in [0.2, 0.25) is 0 Å². The molecule has 0 aromatic heterocycles. The molecule has 0 bridgehead atoms. The van der Waals surface area contributed by atoms with Gasteiger partial charge in [-0.2, -0.15) is 0 Å². The minimum absolute atomic E-state index is 0.0734. The van der Waals surface area contributed by atoms with Gasteiger partial charge in [0.2, 0.25) is 0 Å². The molecule has 2 aromatic rings. The van der Waals surface area contributed by atoms with E-state index >= 15 is 0 Å². The van der Waals surface area contributed by atoms with Crippen LogP contribution in [0.5, 0.6) is 0 Å². The molecular weight excluding hydrogens is 537 g/mol. The van der Waals surface area contributed by atoms with Gasteiger partial charge in [0.25, 0.3) is 0 Å². The molecule has 0 amide bonds. The average molecular weight is 563 g/mol. The molecule has 0 atom stereocenters. The van der Waals surface area contributed by atoms with Gasteiger partial charge in [-0.3, -0.25) is 0 Å². The van der Waals surface area contributed by atoms with Gasteiger partial charge in [0.05, 0.1) is 0 Å². The Morgan fingerprint density at radius 2 is 1.00 bits per heavy atom. The molecule has 5 heteroatoms. The number of benzene rings is 2. The summed E-state index contributed by atoms with van der Waals surface area (Å²) in [4.78, 5) is 0. The molecule has 0 saturated heterocycles. The van der Waals surface area contributed by atoms with Crippen molar-refractivity contribution in [3.8, 4) is 0 Å². The molecule has 0 aliphatic heterocycles. The Labute approximate surface area is 166 Å². The van der Waals surface area contributed by atoms with E-state index in [0.717, 1.165) is 7.14 Å². The minimum atomic E-state index is -4.02. The topological polar surface area (TPSA) is 43.4 Å². The molecule has 0 aliphatic rings. The molecule has 136 valence electrons. The fourth-order valence-electron chi connectivity index (χ4n) is 2.39. The maximum absolute atomic E-state index is 11.4. The van der Waals surface area contributed by atoms with E-state index < -0.39 is 40.8 Å². The van der Waals surface area contributed by atoms with Crippen molar-refractivity contribution in [2.45, 2.75) is 52.4 Å². The molecule has 0 saturated carbocycles. The van der Waals surface area contributed by atoms with Gasteiger partial charge >= 0.3 is 167 Å². The Balaban J connectivity index is 2.39. The summed E-state index contributed by atoms with van der Waals surface area (Å²) in [7, 11) is 0. The second-order valence-corrected chi connectivity index (χ2v) is 16.3. The van der Waals surface area contributed by atoms with Gasteiger partial charge in [-0.05, 0) is 0 Å². The van der Waals surface area contributed by atoms with E-state index in [2.05, 4.69) is 65.8 Å². The van der Waals surface area contributed by atoms with E-state index in [0.29, 0.717) is 0 Å². The van der Waals surface area contributed by atoms with E-state index in [1.807, 2.05) is 24.3 Å². The monoisotopic (exact) mass is 562 g/mol. The number of hydrogen-bond acceptors (Lipinski definition) is 3. The molecule has 0 N–H and O–H groups in total. The second-order valence-electron chi connectivity index (χ2n) is 8.06. The molecule has 25 heavy (non-hydrogen) atoms. The number of hydrogen-bond donors (Lipinski definition) is 0. The van der Waals surface area contributed by atoms with Crippen LogP contribution in [0, 0.1) is 7.14 Å². The van der Waals surface area contributed by atoms with Gasteiger partial charge in [-0.25, -0.2) is 0 Å². The summed E-state index contributed by atoms with van der Waals surface area (Å²) in [6, 6.07) is 16.5. The van der Waals surface area contributed by atoms with Crippen molar-refractivity contribution in [3.05, 3.63) is 66.8 Å². The van der Waals surface area contributed by atoms with Gasteiger partial charge in [0.15, 0.2) is 0 Å². The fourth-order valence-corrected chi connectivity index (χ4v) is 11.1. The summed E-state index contributed by atoms with van der Waals surface area (Å²) in [5.74, 6) is 0. The zero-order chi connectivity index (χ0) is 18.8. The predicted molar refractivity (Wildman–Crippen MR) is 110 cm³/mol. The first kappa shape index (κ1) is 20.9. The zero-order valence-corrected chi connectivity index (χ0v) is 20.4. The molecule has 0 heterocycles. The van der Waals surface area contributed by atoms with E-state index in [4.69, 9.17) is 1.34 Å². The van der Waals surface area contributed by atoms with Gasteiger partial charge < -0.3 is 0 Å². The second kappa shape index (κ2) is 8.06. The van der Waals surface area contributed by atoms with Gasteiger partial charge in [-0.1, -0.05) is 0 Å². The van der Waals surface area contributed by atoms with Gasteiger partial charge in [-0.15, -0.1) is 0 Å². The van der Waals surface area contributed by atoms with Crippen molar-refractivity contribution in [3.63, 3.8) is 0 Å². The average Bonchev–Trinajstić information content (AvgIpc) is 2.51. The Kier molecular flexibility index (Phi) is 6.72. The van der Waals surface area contributed by atoms with Crippen LogP contribution in [0.1, 0.15) is 52.7 Å². The van der Waals surface area contributed by atoms with Crippen LogP contribution in [0.4, 0.5) is 0 Å². The quantitative estimate of drug-likeness (QED) is 0.360. The molecule has 0 spiro atoms. The van der Waals surface area contributed by atoms with Crippen LogP contribution in [0.15, 0.2) is 48.5 Å². The normalized spacial score (nSPS) is 12.8. The molecule has 0 aliphatic carbocycles. The Hall–Kier alpha value is -0.452. The standard InChI is InChI=1S/C20H26IO.2O.Sb/c1-19(2,3)15-7-11-17(12-8-15)21(22)18-13-9-16(10-14-18)20(4,5)6;;;/h7-14H,1-6H3;;;/q-1;;;+1. The van der Waals surface area contributed by atoms with E-state index in [1.54, 1.807) is 0 Å². The first-order chi connectivity index (χ1) is 11.5. The molecule has 0 radical (unpaired) electrons. The summed E-state index contributed by atoms with van der Waals surface area (Å²) < 4.78 is 30.3. The van der Waals surface area contributed by atoms with Crippen molar-refractivity contribution in [1.29, 1.82) is 0 Å². The molecular formula is C20H26IO3Sb. The van der Waals surface area contributed by atoms with Crippen LogP contribution in [-0.2, 0) is 18.2 Å². The van der Waals surface area contributed by atoms with Crippen molar-refractivity contribution in [2.24, 2.45) is 0 Å². The third-order valence-electron chi connectivity index (χ3n) is 3.94. The third kappa shape index (κ3) is 5.77. The summed E-state index contributed by atoms with van der Waals surface area (Å²) in [5, 5.41) is 0. The summed E-state index contributed by atoms with van der Waals surface area (Å²) >= 11 is -6.43. The third-order valence-corrected chi connectivity index (χ3v) is 13.2. The van der Waals surface area contributed by atoms with Gasteiger partial charge in [0, 0.05) is 0 Å². The zero-order valence-electron chi connectivity index (χ0n) is 15.7. The van der Waals surface area contributed by atoms with E-state index in [9.17, 15) is 6.03 Å². The Bertz CT molecular complexity index is 714. The summed E-state index contributed by atoms with van der Waals surface area (Å²) in [6.45, 7) is 13.0. The Morgan fingerprint density at radius 3 is 1.24 bits per heavy atom. The maximum atomic E-state index is 11.4. The van der Waals surface area contributed by atoms with E-state index in [1.165, 1.54) is 11.1 Å². The van der Waals surface area contributed by atoms with E-state index in [-0.39, 0.29) is 10.8 Å². The van der Waals surface area contributed by atoms with Crippen LogP contribution < -0.4 is 0 Å². The molecule has 0 fully saturated rings. The Morgan fingerprint density at radius 1 is 0.680 bits per heavy atom. The van der Waals surface area contributed by atoms with Gasteiger partial charge in [0.1, 0.15) is 0 Å². The van der Waals surface area contributed by atoms with Crippen molar-refractivity contribution in [2.75, 3.05) is 0 Å². The first-order valence-corrected chi connectivity index (χ1v) is 14.4. The number of rotatable bonds is 4. The van der Waals surface area contributed by atoms with Crippen molar-refractivity contribution < 1.29 is 7.38 Å². The molecule has 2 rings (SSSR count). The predicted octanol–water partition coefficient (Wildman–Crippen LogP) is 5.60. The first-order valence-electron chi connectivity index (χ1n) is 8.22. The van der Waals surface area contributed by atoms with Crippen LogP contribution in [0.25, 0.3) is 0 Å². The van der Waals surface area contributed by atoms with Crippen LogP contribution >= 0.6 is 20.2 Å². The van der Waals surface area contributed by atoms with Crippen molar-refractivity contribution in [1.82, 2.24) is 0 Å². The molecule has 3 nitrogen and oxygen atoms in total. The fraction of sp³-hybridized carbons (Fsp3) is 0.400. The SMILES string of the molecule is CC(C)(C)c1ccc(I([O][Sb](=[O])=[O])c2ccc(C(C)(C)C)cc2)cc1. The van der Waals surface area contributed by atoms with Crippen LogP contribution in [0.3, 0.4) is 0 Å². The summed E-state index contributed by atoms with van der Waals surface area (Å²) in [6.07, 6.45) is 0. The molecule has 0 unspecified atom stereocenters. The summed E-state index contributed by atoms with van der Waals surface area (Å²) in [5.41, 5.74) is 2.61. The molecule has 2 aromatic carbocycles.